The maximum absolute atomic E-state index is 10.3. The van der Waals surface area contributed by atoms with Crippen LogP contribution in [0.25, 0.3) is 11.0 Å². The van der Waals surface area contributed by atoms with Crippen LogP contribution in [0, 0.1) is 10.8 Å². The highest BCUT2D eigenvalue weighted by molar-refractivity contribution is 5.75. The van der Waals surface area contributed by atoms with E-state index < -0.39 is 6.10 Å². The van der Waals surface area contributed by atoms with E-state index in [1.165, 1.54) is 0 Å². The molecule has 20 heavy (non-hydrogen) atoms. The number of rotatable bonds is 4. The quantitative estimate of drug-likeness (QED) is 0.885. The molecule has 4 heteroatoms. The van der Waals surface area contributed by atoms with E-state index >= 15 is 0 Å². The topological polar surface area (TPSA) is 53.9 Å². The number of para-hydroxylation sites is 2. The Morgan fingerprint density at radius 1 is 1.15 bits per heavy atom. The molecular formula is C16H25N3O. The van der Waals surface area contributed by atoms with Gasteiger partial charge in [-0.3, -0.25) is 5.41 Å². The van der Waals surface area contributed by atoms with Gasteiger partial charge in [0.1, 0.15) is 0 Å². The van der Waals surface area contributed by atoms with Gasteiger partial charge in [0.25, 0.3) is 0 Å². The highest BCUT2D eigenvalue weighted by atomic mass is 16.3. The van der Waals surface area contributed by atoms with E-state index in [1.54, 1.807) is 0 Å². The van der Waals surface area contributed by atoms with Crippen molar-refractivity contribution in [3.8, 4) is 0 Å². The van der Waals surface area contributed by atoms with E-state index in [2.05, 4.69) is 6.92 Å². The molecule has 4 nitrogen and oxygen atoms in total. The minimum Gasteiger partial charge on any atom is -0.391 e. The fourth-order valence-corrected chi connectivity index (χ4v) is 2.38. The summed E-state index contributed by atoms with van der Waals surface area (Å²) in [5.41, 5.74) is 2.37. The zero-order chi connectivity index (χ0) is 14.9. The highest BCUT2D eigenvalue weighted by Gasteiger charge is 2.24. The lowest BCUT2D eigenvalue weighted by Gasteiger charge is -2.26. The summed E-state index contributed by atoms with van der Waals surface area (Å²) in [5, 5.41) is 18.7. The summed E-state index contributed by atoms with van der Waals surface area (Å²) in [6, 6.07) is 8.05. The van der Waals surface area contributed by atoms with Crippen LogP contribution in [0.1, 0.15) is 34.1 Å². The van der Waals surface area contributed by atoms with Crippen molar-refractivity contribution >= 4 is 11.0 Å². The minimum absolute atomic E-state index is 0.187. The second-order valence-electron chi connectivity index (χ2n) is 6.46. The molecule has 2 rings (SSSR count). The standard InChI is InChI=1S/C16H25N3O/c1-5-10-18-12-8-6-7-9-13(12)19(15(18)17)11-14(20)16(2,3)4/h6-9,14,17,20H,5,10-11H2,1-4H3. The average molecular weight is 275 g/mol. The Morgan fingerprint density at radius 3 is 2.20 bits per heavy atom. The molecule has 1 atom stereocenters. The molecule has 1 aromatic heterocycles. The Hall–Kier alpha value is -1.55. The number of benzene rings is 1. The lowest BCUT2D eigenvalue weighted by Crippen LogP contribution is -2.35. The maximum atomic E-state index is 10.3. The summed E-state index contributed by atoms with van der Waals surface area (Å²) in [6.45, 7) is 9.47. The number of aliphatic hydroxyl groups excluding tert-OH is 1. The van der Waals surface area contributed by atoms with Crippen molar-refractivity contribution < 1.29 is 5.11 Å². The van der Waals surface area contributed by atoms with Crippen LogP contribution in [-0.4, -0.2) is 20.3 Å². The predicted octanol–water partition coefficient (Wildman–Crippen LogP) is 2.74. The predicted molar refractivity (Wildman–Crippen MR) is 81.5 cm³/mol. The number of hydrogen-bond donors (Lipinski definition) is 2. The first-order valence-electron chi connectivity index (χ1n) is 7.27. The fraction of sp³-hybridized carbons (Fsp3) is 0.562. The van der Waals surface area contributed by atoms with Crippen molar-refractivity contribution in [2.45, 2.75) is 53.3 Å². The molecule has 0 saturated carbocycles. The Labute approximate surface area is 120 Å². The Bertz CT molecular complexity index is 646. The molecule has 0 spiro atoms. The van der Waals surface area contributed by atoms with Gasteiger partial charge in [0.15, 0.2) is 0 Å². The van der Waals surface area contributed by atoms with E-state index in [9.17, 15) is 5.11 Å². The Kier molecular flexibility index (Phi) is 4.04. The smallest absolute Gasteiger partial charge is 0.203 e. The van der Waals surface area contributed by atoms with Gasteiger partial charge in [0.2, 0.25) is 5.62 Å². The Balaban J connectivity index is 2.53. The van der Waals surface area contributed by atoms with Crippen molar-refractivity contribution in [2.24, 2.45) is 5.41 Å². The summed E-state index contributed by atoms with van der Waals surface area (Å²) < 4.78 is 3.94. The number of imidazole rings is 1. The first-order chi connectivity index (χ1) is 9.36. The molecule has 0 aliphatic rings. The molecule has 1 aromatic carbocycles. The van der Waals surface area contributed by atoms with Gasteiger partial charge >= 0.3 is 0 Å². The van der Waals surface area contributed by atoms with E-state index in [0.29, 0.717) is 12.2 Å². The summed E-state index contributed by atoms with van der Waals surface area (Å²) in [6.07, 6.45) is 0.518. The summed E-state index contributed by atoms with van der Waals surface area (Å²) in [4.78, 5) is 0. The van der Waals surface area contributed by atoms with Crippen LogP contribution < -0.4 is 5.62 Å². The monoisotopic (exact) mass is 275 g/mol. The normalized spacial score (nSPS) is 13.8. The molecule has 0 fully saturated rings. The third kappa shape index (κ3) is 2.66. The van der Waals surface area contributed by atoms with E-state index in [4.69, 9.17) is 5.41 Å². The molecule has 110 valence electrons. The van der Waals surface area contributed by atoms with Crippen LogP contribution in [0.4, 0.5) is 0 Å². The van der Waals surface area contributed by atoms with Gasteiger partial charge in [-0.15, -0.1) is 0 Å². The first-order valence-corrected chi connectivity index (χ1v) is 7.27. The molecule has 0 radical (unpaired) electrons. The van der Waals surface area contributed by atoms with Crippen LogP contribution in [0.3, 0.4) is 0 Å². The van der Waals surface area contributed by atoms with Gasteiger partial charge in [-0.1, -0.05) is 39.8 Å². The third-order valence-electron chi connectivity index (χ3n) is 3.78. The van der Waals surface area contributed by atoms with Crippen molar-refractivity contribution in [2.75, 3.05) is 0 Å². The number of aliphatic hydroxyl groups is 1. The number of fused-ring (bicyclic) bond motifs is 1. The first kappa shape index (κ1) is 14.9. The van der Waals surface area contributed by atoms with Crippen molar-refractivity contribution in [1.82, 2.24) is 9.13 Å². The second kappa shape index (κ2) is 5.44. The SMILES string of the molecule is CCCn1c(=N)n(CC(O)C(C)(C)C)c2ccccc21. The largest absolute Gasteiger partial charge is 0.391 e. The van der Waals surface area contributed by atoms with Gasteiger partial charge in [0, 0.05) is 6.54 Å². The maximum Gasteiger partial charge on any atom is 0.203 e. The highest BCUT2D eigenvalue weighted by Crippen LogP contribution is 2.22. The molecule has 1 heterocycles. The van der Waals surface area contributed by atoms with Crippen LogP contribution in [0.2, 0.25) is 0 Å². The molecule has 2 N–H and O–H groups in total. The minimum atomic E-state index is -0.475. The fourth-order valence-electron chi connectivity index (χ4n) is 2.38. The lowest BCUT2D eigenvalue weighted by molar-refractivity contribution is 0.0477. The van der Waals surface area contributed by atoms with E-state index in [-0.39, 0.29) is 5.41 Å². The van der Waals surface area contributed by atoms with Crippen molar-refractivity contribution in [3.05, 3.63) is 29.9 Å². The van der Waals surface area contributed by atoms with Gasteiger partial charge in [-0.05, 0) is 24.0 Å². The second-order valence-corrected chi connectivity index (χ2v) is 6.46. The third-order valence-corrected chi connectivity index (χ3v) is 3.78. The molecular weight excluding hydrogens is 250 g/mol. The molecule has 2 aromatic rings. The van der Waals surface area contributed by atoms with Crippen LogP contribution in [0.5, 0.6) is 0 Å². The number of nitrogens with one attached hydrogen (secondary N) is 1. The summed E-state index contributed by atoms with van der Waals surface area (Å²) >= 11 is 0. The number of hydrogen-bond acceptors (Lipinski definition) is 2. The zero-order valence-corrected chi connectivity index (χ0v) is 12.8. The van der Waals surface area contributed by atoms with Crippen molar-refractivity contribution in [1.29, 1.82) is 5.41 Å². The Morgan fingerprint density at radius 2 is 1.70 bits per heavy atom. The van der Waals surface area contributed by atoms with Crippen molar-refractivity contribution in [3.63, 3.8) is 0 Å². The summed E-state index contributed by atoms with van der Waals surface area (Å²) in [7, 11) is 0. The van der Waals surface area contributed by atoms with E-state index in [0.717, 1.165) is 24.0 Å². The molecule has 0 aliphatic carbocycles. The molecule has 0 saturated heterocycles. The van der Waals surface area contributed by atoms with Gasteiger partial charge in [0.05, 0.1) is 23.7 Å². The molecule has 0 bridgehead atoms. The number of aryl methyl sites for hydroxylation is 1. The van der Waals surface area contributed by atoms with Crippen LogP contribution in [-0.2, 0) is 13.1 Å². The van der Waals surface area contributed by atoms with Gasteiger partial charge in [-0.2, -0.15) is 0 Å². The number of nitrogens with zero attached hydrogens (tertiary/aromatic N) is 2. The van der Waals surface area contributed by atoms with Crippen LogP contribution >= 0.6 is 0 Å². The van der Waals surface area contributed by atoms with Gasteiger partial charge in [-0.25, -0.2) is 0 Å². The lowest BCUT2D eigenvalue weighted by atomic mass is 9.89. The average Bonchev–Trinajstić information content (AvgIpc) is 2.64. The molecule has 0 amide bonds. The van der Waals surface area contributed by atoms with E-state index in [1.807, 2.05) is 54.2 Å². The summed E-state index contributed by atoms with van der Waals surface area (Å²) in [5.74, 6) is 0. The molecule has 1 unspecified atom stereocenters. The van der Waals surface area contributed by atoms with Gasteiger partial charge < -0.3 is 14.2 Å². The zero-order valence-electron chi connectivity index (χ0n) is 12.8. The number of aromatic nitrogens is 2. The molecule has 0 aliphatic heterocycles. The van der Waals surface area contributed by atoms with Crippen LogP contribution in [0.15, 0.2) is 24.3 Å².